The maximum Gasteiger partial charge on any atom is -0.0512 e. The van der Waals surface area contributed by atoms with Crippen LogP contribution in [-0.2, 0) is 43.4 Å². The van der Waals surface area contributed by atoms with E-state index in [1.807, 2.05) is 0 Å². The molecule has 4 heteroatoms. The molecule has 2 aliphatic rings. The molecule has 0 saturated heterocycles. The second kappa shape index (κ2) is 11.2. The fourth-order valence-electron chi connectivity index (χ4n) is 3.23. The maximum absolute atomic E-state index is 5.64. The summed E-state index contributed by atoms with van der Waals surface area (Å²) in [5.74, 6) is 0. The zero-order valence-electron chi connectivity index (χ0n) is 14.9. The summed E-state index contributed by atoms with van der Waals surface area (Å²) in [5.41, 5.74) is 6.19. The number of hydrogen-bond acceptors (Lipinski definition) is 0. The molecule has 0 atom stereocenters. The van der Waals surface area contributed by atoms with Crippen molar-refractivity contribution in [2.45, 2.75) is 64.5 Å². The molecule has 24 heavy (non-hydrogen) atoms. The van der Waals surface area contributed by atoms with E-state index < -0.39 is 17.7 Å². The molecule has 0 bridgehead atoms. The van der Waals surface area contributed by atoms with Crippen molar-refractivity contribution in [3.63, 3.8) is 0 Å². The smallest absolute Gasteiger partial charge is 0.0512 e. The first kappa shape index (κ1) is 20.7. The first-order chi connectivity index (χ1) is 11.6. The zero-order chi connectivity index (χ0) is 17.4. The van der Waals surface area contributed by atoms with Gasteiger partial charge < -0.3 is 0 Å². The Morgan fingerprint density at radius 1 is 0.792 bits per heavy atom. The third-order valence-corrected chi connectivity index (χ3v) is 32.1. The Kier molecular flexibility index (Phi) is 9.61. The van der Waals surface area contributed by atoms with E-state index in [9.17, 15) is 0 Å². The van der Waals surface area contributed by atoms with Crippen LogP contribution in [0.25, 0.3) is 0 Å². The van der Waals surface area contributed by atoms with E-state index >= 15 is 0 Å². The van der Waals surface area contributed by atoms with Gasteiger partial charge in [-0.1, -0.05) is 51.4 Å². The van der Waals surface area contributed by atoms with Crippen LogP contribution in [-0.4, -0.2) is 5.49 Å². The molecular weight excluding hydrogens is 518 g/mol. The molecule has 0 N–H and O–H groups in total. The SMILES string of the molecule is C[Si](C)=[Hf]([Cl])[Cl].c1cc2c([cH-]1)CCCC2.c1cc2c([cH-]1)CCCC2. The fraction of sp³-hybridized carbons (Fsp3) is 0.500. The number of rotatable bonds is 0. The summed E-state index contributed by atoms with van der Waals surface area (Å²) in [6.45, 7) is 4.35. The Balaban J connectivity index is 0.000000134. The molecule has 2 aliphatic carbocycles. The molecule has 0 nitrogen and oxygen atoms in total. The number of aryl methyl sites for hydroxylation is 4. The van der Waals surface area contributed by atoms with Crippen LogP contribution in [0.2, 0.25) is 13.1 Å². The third kappa shape index (κ3) is 6.94. The van der Waals surface area contributed by atoms with Crippen LogP contribution < -0.4 is 0 Å². The monoisotopic (exact) mass is 546 g/mol. The van der Waals surface area contributed by atoms with E-state index in [1.54, 1.807) is 22.3 Å². The van der Waals surface area contributed by atoms with Crippen LogP contribution in [0.15, 0.2) is 36.4 Å². The van der Waals surface area contributed by atoms with Gasteiger partial charge in [-0.05, 0) is 0 Å². The molecule has 0 unspecified atom stereocenters. The number of fused-ring (bicyclic) bond motifs is 2. The standard InChI is InChI=1S/2C9H11.C2H6Si.2ClH.Hf/c2*1-2-5-9-7-3-6-8(9)4-1;1-3-2;;;/h2*3,6-7H,1-2,4-5H2;1-2H3;2*1H;/q2*-1;;;;+2/p-2. The van der Waals surface area contributed by atoms with Gasteiger partial charge in [0.25, 0.3) is 0 Å². The summed E-state index contributed by atoms with van der Waals surface area (Å²) in [4.78, 5) is 0. The van der Waals surface area contributed by atoms with Crippen molar-refractivity contribution in [1.82, 2.24) is 0 Å². The molecule has 0 fully saturated rings. The summed E-state index contributed by atoms with van der Waals surface area (Å²) in [6.07, 6.45) is 10.9. The second-order valence-electron chi connectivity index (χ2n) is 6.83. The quantitative estimate of drug-likeness (QED) is 0.254. The molecule has 0 aromatic heterocycles. The van der Waals surface area contributed by atoms with E-state index in [4.69, 9.17) is 17.2 Å². The van der Waals surface area contributed by atoms with Gasteiger partial charge in [0.1, 0.15) is 0 Å². The molecule has 0 heterocycles. The van der Waals surface area contributed by atoms with Crippen molar-refractivity contribution >= 4 is 22.6 Å². The van der Waals surface area contributed by atoms with Crippen molar-refractivity contribution < 1.29 is 17.7 Å². The van der Waals surface area contributed by atoms with Crippen LogP contribution in [0, 0.1) is 0 Å². The summed E-state index contributed by atoms with van der Waals surface area (Å²) in [6, 6.07) is 13.4. The Morgan fingerprint density at radius 3 is 1.50 bits per heavy atom. The minimum Gasteiger partial charge on any atom is -0.210 e. The van der Waals surface area contributed by atoms with Crippen molar-refractivity contribution in [2.24, 2.45) is 0 Å². The molecule has 0 amide bonds. The molecule has 0 aliphatic heterocycles. The number of halogens is 2. The van der Waals surface area contributed by atoms with Crippen LogP contribution in [0.4, 0.5) is 0 Å². The van der Waals surface area contributed by atoms with Gasteiger partial charge in [0, 0.05) is 0 Å². The third-order valence-electron chi connectivity index (χ3n) is 4.68. The van der Waals surface area contributed by atoms with Crippen LogP contribution >= 0.6 is 17.2 Å². The Bertz CT molecular complexity index is 549. The van der Waals surface area contributed by atoms with Crippen LogP contribution in [0.3, 0.4) is 0 Å². The van der Waals surface area contributed by atoms with Gasteiger partial charge in [0.2, 0.25) is 0 Å². The largest absolute Gasteiger partial charge is 0.210 e. The minimum absolute atomic E-state index is 0.208. The van der Waals surface area contributed by atoms with E-state index in [0.717, 1.165) is 0 Å². The van der Waals surface area contributed by atoms with Crippen molar-refractivity contribution in [2.75, 3.05) is 0 Å². The summed E-state index contributed by atoms with van der Waals surface area (Å²) in [7, 11) is 11.3. The first-order valence-electron chi connectivity index (χ1n) is 9.03. The van der Waals surface area contributed by atoms with Crippen molar-refractivity contribution in [3.05, 3.63) is 58.7 Å². The Hall–Kier alpha value is 0.367. The van der Waals surface area contributed by atoms with E-state index in [-0.39, 0.29) is 5.49 Å². The topological polar surface area (TPSA) is 0 Å². The van der Waals surface area contributed by atoms with Crippen LogP contribution in [0.5, 0.6) is 0 Å². The molecule has 0 spiro atoms. The van der Waals surface area contributed by atoms with Crippen molar-refractivity contribution in [1.29, 1.82) is 0 Å². The molecule has 2 aromatic rings. The minimum atomic E-state index is -1.78. The van der Waals surface area contributed by atoms with Gasteiger partial charge in [-0.25, -0.2) is 12.1 Å². The molecule has 0 saturated carbocycles. The predicted octanol–water partition coefficient (Wildman–Crippen LogP) is 6.73. The molecule has 132 valence electrons. The Morgan fingerprint density at radius 2 is 1.17 bits per heavy atom. The molecular formula is C20H28Cl2HfSi-2. The van der Waals surface area contributed by atoms with Gasteiger partial charge in [-0.3, -0.25) is 0 Å². The normalized spacial score (nSPS) is 15.0. The van der Waals surface area contributed by atoms with Gasteiger partial charge in [-0.2, -0.15) is 46.5 Å². The zero-order valence-corrected chi connectivity index (χ0v) is 21.0. The van der Waals surface area contributed by atoms with E-state index in [1.165, 1.54) is 51.4 Å². The Labute approximate surface area is 162 Å². The van der Waals surface area contributed by atoms with Gasteiger partial charge >= 0.3 is 53.4 Å². The van der Waals surface area contributed by atoms with E-state index in [0.29, 0.717) is 0 Å². The summed E-state index contributed by atoms with van der Waals surface area (Å²) >= 11 is -1.78. The molecule has 2 aromatic carbocycles. The fourth-order valence-corrected chi connectivity index (χ4v) is 3.23. The predicted molar refractivity (Wildman–Crippen MR) is 107 cm³/mol. The van der Waals surface area contributed by atoms with E-state index in [2.05, 4.69) is 49.5 Å². The average molecular weight is 546 g/mol. The van der Waals surface area contributed by atoms with Gasteiger partial charge in [-0.15, -0.1) is 0 Å². The average Bonchev–Trinajstić information content (AvgIpc) is 3.24. The maximum atomic E-state index is 5.64. The second-order valence-corrected chi connectivity index (χ2v) is 38.5. The van der Waals surface area contributed by atoms with Crippen LogP contribution in [0.1, 0.15) is 47.9 Å². The van der Waals surface area contributed by atoms with Crippen molar-refractivity contribution in [3.8, 4) is 0 Å². The molecule has 0 radical (unpaired) electrons. The summed E-state index contributed by atoms with van der Waals surface area (Å²) < 4.78 is 0. The first-order valence-corrected chi connectivity index (χ1v) is 25.8. The number of hydrogen-bond donors (Lipinski definition) is 0. The molecule has 4 rings (SSSR count). The summed E-state index contributed by atoms with van der Waals surface area (Å²) in [5, 5.41) is 0. The van der Waals surface area contributed by atoms with Gasteiger partial charge in [0.15, 0.2) is 0 Å². The van der Waals surface area contributed by atoms with Gasteiger partial charge in [0.05, 0.1) is 0 Å².